The molecule has 26 heavy (non-hydrogen) atoms. The number of nitrogens with zero attached hydrogens (tertiary/aromatic N) is 5. The fraction of sp³-hybridized carbons (Fsp3) is 0.389. The highest BCUT2D eigenvalue weighted by atomic mass is 16.5. The van der Waals surface area contributed by atoms with Gasteiger partial charge in [-0.1, -0.05) is 29.8 Å². The van der Waals surface area contributed by atoms with Crippen LogP contribution in [0.25, 0.3) is 11.4 Å². The van der Waals surface area contributed by atoms with Gasteiger partial charge in [0.15, 0.2) is 0 Å². The fourth-order valence-corrected chi connectivity index (χ4v) is 3.22. The number of rotatable bonds is 6. The maximum atomic E-state index is 13.1. The summed E-state index contributed by atoms with van der Waals surface area (Å²) in [7, 11) is 0. The zero-order valence-corrected chi connectivity index (χ0v) is 14.6. The zero-order chi connectivity index (χ0) is 17.9. The summed E-state index contributed by atoms with van der Waals surface area (Å²) >= 11 is 0. The summed E-state index contributed by atoms with van der Waals surface area (Å²) in [5, 5.41) is 18.0. The Morgan fingerprint density at radius 3 is 2.77 bits per heavy atom. The van der Waals surface area contributed by atoms with Crippen molar-refractivity contribution in [2.75, 3.05) is 11.4 Å². The Labute approximate surface area is 150 Å². The van der Waals surface area contributed by atoms with Crippen molar-refractivity contribution in [1.82, 2.24) is 25.8 Å². The van der Waals surface area contributed by atoms with Crippen LogP contribution in [0, 0.1) is 12.8 Å². The van der Waals surface area contributed by atoms with Crippen molar-refractivity contribution in [2.24, 2.45) is 5.92 Å². The molecule has 1 aliphatic carbocycles. The van der Waals surface area contributed by atoms with Crippen LogP contribution in [-0.4, -0.2) is 38.2 Å². The Morgan fingerprint density at radius 1 is 1.31 bits per heavy atom. The van der Waals surface area contributed by atoms with Crippen LogP contribution in [0.2, 0.25) is 0 Å². The van der Waals surface area contributed by atoms with Gasteiger partial charge in [0.1, 0.15) is 11.5 Å². The van der Waals surface area contributed by atoms with E-state index in [0.29, 0.717) is 28.8 Å². The first-order chi connectivity index (χ1) is 12.7. The number of carbonyl (C=O) groups is 1. The summed E-state index contributed by atoms with van der Waals surface area (Å²) in [6, 6.07) is 9.77. The number of H-pyrrole nitrogens is 1. The van der Waals surface area contributed by atoms with Crippen LogP contribution >= 0.6 is 0 Å². The summed E-state index contributed by atoms with van der Waals surface area (Å²) in [5.41, 5.74) is 2.07. The average Bonchev–Trinajstić information content (AvgIpc) is 3.24. The quantitative estimate of drug-likeness (QED) is 0.731. The molecule has 2 aromatic heterocycles. The largest absolute Gasteiger partial charge is 0.361 e. The van der Waals surface area contributed by atoms with Crippen molar-refractivity contribution < 1.29 is 9.32 Å². The molecule has 0 aliphatic heterocycles. The van der Waals surface area contributed by atoms with Crippen LogP contribution in [-0.2, 0) is 11.2 Å². The number of nitrogens with one attached hydrogen (secondary N) is 1. The number of hydrogen-bond donors (Lipinski definition) is 1. The average molecular weight is 352 g/mol. The highest BCUT2D eigenvalue weighted by molar-refractivity contribution is 5.95. The van der Waals surface area contributed by atoms with Gasteiger partial charge in [-0.15, -0.1) is 10.2 Å². The highest BCUT2D eigenvalue weighted by Gasteiger charge is 2.27. The molecule has 0 bridgehead atoms. The van der Waals surface area contributed by atoms with Crippen LogP contribution in [0.1, 0.15) is 30.7 Å². The number of amides is 1. The third kappa shape index (κ3) is 3.22. The van der Waals surface area contributed by atoms with Crippen molar-refractivity contribution in [3.8, 4) is 11.4 Å². The van der Waals surface area contributed by atoms with E-state index in [4.69, 9.17) is 4.52 Å². The van der Waals surface area contributed by atoms with Gasteiger partial charge < -0.3 is 9.42 Å². The summed E-state index contributed by atoms with van der Waals surface area (Å²) in [5.74, 6) is 1.51. The van der Waals surface area contributed by atoms with E-state index in [2.05, 4.69) is 25.8 Å². The molecule has 8 heteroatoms. The van der Waals surface area contributed by atoms with Crippen molar-refractivity contribution in [2.45, 2.75) is 32.6 Å². The van der Waals surface area contributed by atoms with E-state index in [0.717, 1.165) is 12.2 Å². The van der Waals surface area contributed by atoms with Gasteiger partial charge in [-0.2, -0.15) is 5.21 Å². The lowest BCUT2D eigenvalue weighted by Crippen LogP contribution is -2.38. The second kappa shape index (κ2) is 7.07. The predicted molar refractivity (Wildman–Crippen MR) is 94.3 cm³/mol. The highest BCUT2D eigenvalue weighted by Crippen LogP contribution is 2.30. The number of aromatic nitrogens is 5. The second-order valence-corrected chi connectivity index (χ2v) is 6.61. The summed E-state index contributed by atoms with van der Waals surface area (Å²) < 4.78 is 5.28. The molecule has 4 rings (SSSR count). The van der Waals surface area contributed by atoms with Gasteiger partial charge in [-0.05, 0) is 43.0 Å². The van der Waals surface area contributed by atoms with Gasteiger partial charge in [-0.25, -0.2) is 0 Å². The molecule has 0 atom stereocenters. The predicted octanol–water partition coefficient (Wildman–Crippen LogP) is 2.54. The Morgan fingerprint density at radius 2 is 2.12 bits per heavy atom. The first kappa shape index (κ1) is 16.4. The fourth-order valence-electron chi connectivity index (χ4n) is 3.22. The van der Waals surface area contributed by atoms with Crippen molar-refractivity contribution in [3.63, 3.8) is 0 Å². The normalized spacial score (nSPS) is 14.2. The van der Waals surface area contributed by atoms with Crippen molar-refractivity contribution in [3.05, 3.63) is 41.8 Å². The lowest BCUT2D eigenvalue weighted by atomic mass is 9.85. The number of benzene rings is 1. The van der Waals surface area contributed by atoms with Crippen LogP contribution in [0.15, 0.2) is 34.9 Å². The first-order valence-electron chi connectivity index (χ1n) is 8.76. The Kier molecular flexibility index (Phi) is 4.47. The lowest BCUT2D eigenvalue weighted by molar-refractivity contribution is -0.118. The van der Waals surface area contributed by atoms with Crippen LogP contribution < -0.4 is 4.90 Å². The van der Waals surface area contributed by atoms with E-state index in [1.54, 1.807) is 6.92 Å². The maximum Gasteiger partial charge on any atom is 0.233 e. The number of hydrogen-bond acceptors (Lipinski definition) is 6. The zero-order valence-electron chi connectivity index (χ0n) is 14.6. The topological polar surface area (TPSA) is 101 Å². The van der Waals surface area contributed by atoms with Crippen LogP contribution in [0.3, 0.4) is 0 Å². The summed E-state index contributed by atoms with van der Waals surface area (Å²) in [6.07, 6.45) is 3.72. The number of para-hydroxylation sites is 1. The maximum absolute atomic E-state index is 13.1. The third-order valence-corrected chi connectivity index (χ3v) is 4.86. The molecule has 8 nitrogen and oxygen atoms in total. The molecule has 1 amide bonds. The molecule has 1 aliphatic rings. The monoisotopic (exact) mass is 352 g/mol. The summed E-state index contributed by atoms with van der Waals surface area (Å²) in [4.78, 5) is 15.0. The van der Waals surface area contributed by atoms with E-state index in [1.165, 1.54) is 19.3 Å². The Bertz CT molecular complexity index is 870. The van der Waals surface area contributed by atoms with E-state index in [9.17, 15) is 4.79 Å². The second-order valence-electron chi connectivity index (χ2n) is 6.61. The molecular weight excluding hydrogens is 332 g/mol. The van der Waals surface area contributed by atoms with Gasteiger partial charge in [0.05, 0.1) is 12.0 Å². The van der Waals surface area contributed by atoms with Crippen LogP contribution in [0.4, 0.5) is 5.69 Å². The molecule has 0 radical (unpaired) electrons. The van der Waals surface area contributed by atoms with Crippen LogP contribution in [0.5, 0.6) is 0 Å². The first-order valence-corrected chi connectivity index (χ1v) is 8.76. The van der Waals surface area contributed by atoms with Crippen molar-refractivity contribution in [1.29, 1.82) is 0 Å². The lowest BCUT2D eigenvalue weighted by Gasteiger charge is -2.32. The summed E-state index contributed by atoms with van der Waals surface area (Å²) in [6.45, 7) is 2.51. The molecule has 1 saturated carbocycles. The molecule has 1 aromatic carbocycles. The molecule has 134 valence electrons. The van der Waals surface area contributed by atoms with Crippen molar-refractivity contribution >= 4 is 11.6 Å². The van der Waals surface area contributed by atoms with Gasteiger partial charge >= 0.3 is 0 Å². The minimum absolute atomic E-state index is 0.0128. The van der Waals surface area contributed by atoms with E-state index in [1.807, 2.05) is 35.2 Å². The SMILES string of the molecule is Cc1onc(CC(=O)N(CC2CCC2)c2ccccc2)c1-c1nn[nH]n1. The van der Waals surface area contributed by atoms with E-state index in [-0.39, 0.29) is 12.3 Å². The number of aromatic amines is 1. The molecule has 0 unspecified atom stereocenters. The number of tetrazole rings is 1. The molecule has 1 fully saturated rings. The minimum Gasteiger partial charge on any atom is -0.361 e. The van der Waals surface area contributed by atoms with E-state index < -0.39 is 0 Å². The molecule has 3 aromatic rings. The molecule has 2 heterocycles. The molecule has 0 saturated heterocycles. The molecular formula is C18H20N6O2. The molecule has 0 spiro atoms. The standard InChI is InChI=1S/C18H20N6O2/c1-12-17(18-19-22-23-20-18)15(21-26-12)10-16(25)24(11-13-6-5-7-13)14-8-3-2-4-9-14/h2-4,8-9,13H,5-7,10-11H2,1H3,(H,19,20,22,23). The van der Waals surface area contributed by atoms with Gasteiger partial charge in [-0.3, -0.25) is 4.79 Å². The molecule has 1 N–H and O–H groups in total. The Balaban J connectivity index is 1.59. The van der Waals surface area contributed by atoms with Gasteiger partial charge in [0, 0.05) is 12.2 Å². The number of carbonyl (C=O) groups excluding carboxylic acids is 1. The van der Waals surface area contributed by atoms with Gasteiger partial charge in [0.2, 0.25) is 11.7 Å². The number of aryl methyl sites for hydroxylation is 1. The minimum atomic E-state index is -0.0128. The number of anilines is 1. The third-order valence-electron chi connectivity index (χ3n) is 4.86. The van der Waals surface area contributed by atoms with E-state index >= 15 is 0 Å². The smallest absolute Gasteiger partial charge is 0.233 e. The Hall–Kier alpha value is -3.03. The van der Waals surface area contributed by atoms with Gasteiger partial charge in [0.25, 0.3) is 0 Å².